The lowest BCUT2D eigenvalue weighted by molar-refractivity contribution is -0.127. The van der Waals surface area contributed by atoms with Gasteiger partial charge in [0.2, 0.25) is 11.8 Å². The highest BCUT2D eigenvalue weighted by molar-refractivity contribution is 5.92. The molecule has 1 fully saturated rings. The molecule has 3 rings (SSSR count). The zero-order chi connectivity index (χ0) is 19.9. The first-order valence-corrected chi connectivity index (χ1v) is 9.43. The molecule has 2 atom stereocenters. The first-order chi connectivity index (χ1) is 13.6. The zero-order valence-corrected chi connectivity index (χ0v) is 16.2. The summed E-state index contributed by atoms with van der Waals surface area (Å²) in [6, 6.07) is 15.3. The van der Waals surface area contributed by atoms with Gasteiger partial charge < -0.3 is 20.1 Å². The number of methoxy groups -OCH3 is 2. The molecular formula is C22H26N2O4. The number of carbonyl (C=O) groups excluding carboxylic acids is 2. The van der Waals surface area contributed by atoms with E-state index in [-0.39, 0.29) is 23.7 Å². The molecule has 148 valence electrons. The van der Waals surface area contributed by atoms with Crippen LogP contribution in [0.15, 0.2) is 48.5 Å². The number of carbonyl (C=O) groups is 2. The number of para-hydroxylation sites is 2. The predicted molar refractivity (Wildman–Crippen MR) is 106 cm³/mol. The summed E-state index contributed by atoms with van der Waals surface area (Å²) >= 11 is 0. The third-order valence-corrected chi connectivity index (χ3v) is 5.00. The molecule has 0 saturated heterocycles. The van der Waals surface area contributed by atoms with Gasteiger partial charge in [-0.05, 0) is 30.5 Å². The summed E-state index contributed by atoms with van der Waals surface area (Å²) in [6.07, 6.45) is 1.28. The average Bonchev–Trinajstić information content (AvgIpc) is 3.53. The Balaban J connectivity index is 1.41. The van der Waals surface area contributed by atoms with Crippen LogP contribution >= 0.6 is 0 Å². The van der Waals surface area contributed by atoms with E-state index in [1.165, 1.54) is 0 Å². The average molecular weight is 382 g/mol. The van der Waals surface area contributed by atoms with Crippen LogP contribution < -0.4 is 20.1 Å². The fourth-order valence-corrected chi connectivity index (χ4v) is 3.30. The summed E-state index contributed by atoms with van der Waals surface area (Å²) in [5.74, 6) is 0.917. The molecule has 1 aliphatic carbocycles. The van der Waals surface area contributed by atoms with Crippen molar-refractivity contribution in [3.05, 3.63) is 59.7 Å². The predicted octanol–water partition coefficient (Wildman–Crippen LogP) is 2.31. The summed E-state index contributed by atoms with van der Waals surface area (Å²) in [6.45, 7) is 0.909. The monoisotopic (exact) mass is 382 g/mol. The van der Waals surface area contributed by atoms with Gasteiger partial charge in [0.25, 0.3) is 0 Å². The molecule has 28 heavy (non-hydrogen) atoms. The van der Waals surface area contributed by atoms with Crippen molar-refractivity contribution in [3.8, 4) is 11.5 Å². The molecule has 2 amide bonds. The van der Waals surface area contributed by atoms with Gasteiger partial charge in [-0.2, -0.15) is 0 Å². The van der Waals surface area contributed by atoms with Crippen LogP contribution in [0, 0.1) is 11.8 Å². The molecule has 0 spiro atoms. The lowest BCUT2D eigenvalue weighted by Crippen LogP contribution is -2.31. The molecule has 2 N–H and O–H groups in total. The Morgan fingerprint density at radius 3 is 2.04 bits per heavy atom. The molecule has 1 aliphatic rings. The SMILES string of the molecule is COc1ccccc1CCNC(=O)C1CC1C(=O)NCc1ccccc1OC. The van der Waals surface area contributed by atoms with Crippen LogP contribution in [0.2, 0.25) is 0 Å². The maximum atomic E-state index is 12.3. The van der Waals surface area contributed by atoms with Gasteiger partial charge >= 0.3 is 0 Å². The molecule has 2 aromatic carbocycles. The number of rotatable bonds is 9. The van der Waals surface area contributed by atoms with Crippen molar-refractivity contribution in [1.29, 1.82) is 0 Å². The van der Waals surface area contributed by atoms with Crippen LogP contribution in [0.5, 0.6) is 11.5 Å². The largest absolute Gasteiger partial charge is 0.496 e. The number of amides is 2. The van der Waals surface area contributed by atoms with Crippen LogP contribution in [-0.2, 0) is 22.6 Å². The Morgan fingerprint density at radius 1 is 0.857 bits per heavy atom. The van der Waals surface area contributed by atoms with E-state index >= 15 is 0 Å². The normalized spacial score (nSPS) is 17.5. The smallest absolute Gasteiger partial charge is 0.224 e. The van der Waals surface area contributed by atoms with Crippen LogP contribution in [-0.4, -0.2) is 32.6 Å². The Labute approximate surface area is 165 Å². The van der Waals surface area contributed by atoms with Crippen molar-refractivity contribution < 1.29 is 19.1 Å². The van der Waals surface area contributed by atoms with Crippen molar-refractivity contribution in [2.75, 3.05) is 20.8 Å². The molecule has 1 saturated carbocycles. The van der Waals surface area contributed by atoms with Crippen molar-refractivity contribution >= 4 is 11.8 Å². The van der Waals surface area contributed by atoms with Gasteiger partial charge in [-0.15, -0.1) is 0 Å². The highest BCUT2D eigenvalue weighted by atomic mass is 16.5. The van der Waals surface area contributed by atoms with E-state index in [0.29, 0.717) is 25.9 Å². The highest BCUT2D eigenvalue weighted by Gasteiger charge is 2.47. The van der Waals surface area contributed by atoms with Gasteiger partial charge in [0.05, 0.1) is 26.1 Å². The first kappa shape index (κ1) is 19.7. The first-order valence-electron chi connectivity index (χ1n) is 9.43. The van der Waals surface area contributed by atoms with Crippen LogP contribution in [0.3, 0.4) is 0 Å². The summed E-state index contributed by atoms with van der Waals surface area (Å²) in [4.78, 5) is 24.6. The maximum absolute atomic E-state index is 12.3. The Bertz CT molecular complexity index is 837. The fourth-order valence-electron chi connectivity index (χ4n) is 3.30. The molecule has 0 radical (unpaired) electrons. The second kappa shape index (κ2) is 9.26. The van der Waals surface area contributed by atoms with Crippen LogP contribution in [0.1, 0.15) is 17.5 Å². The van der Waals surface area contributed by atoms with E-state index in [2.05, 4.69) is 10.6 Å². The Hall–Kier alpha value is -3.02. The number of hydrogen-bond donors (Lipinski definition) is 2. The van der Waals surface area contributed by atoms with Crippen molar-refractivity contribution in [3.63, 3.8) is 0 Å². The van der Waals surface area contributed by atoms with E-state index in [0.717, 1.165) is 22.6 Å². The molecule has 2 aromatic rings. The summed E-state index contributed by atoms with van der Waals surface area (Å²) < 4.78 is 10.6. The van der Waals surface area contributed by atoms with E-state index in [9.17, 15) is 9.59 Å². The molecule has 0 heterocycles. The van der Waals surface area contributed by atoms with E-state index in [1.54, 1.807) is 14.2 Å². The minimum absolute atomic E-state index is 0.0626. The summed E-state index contributed by atoms with van der Waals surface area (Å²) in [7, 11) is 3.24. The molecule has 6 heteroatoms. The van der Waals surface area contributed by atoms with Gasteiger partial charge in [-0.1, -0.05) is 36.4 Å². The molecular weight excluding hydrogens is 356 g/mol. The third-order valence-electron chi connectivity index (χ3n) is 5.00. The second-order valence-electron chi connectivity index (χ2n) is 6.83. The topological polar surface area (TPSA) is 76.7 Å². The molecule has 2 unspecified atom stereocenters. The van der Waals surface area contributed by atoms with Crippen LogP contribution in [0.4, 0.5) is 0 Å². The van der Waals surface area contributed by atoms with Gasteiger partial charge in [0, 0.05) is 18.7 Å². The lowest BCUT2D eigenvalue weighted by Gasteiger charge is -2.10. The molecule has 0 aliphatic heterocycles. The third kappa shape index (κ3) is 4.82. The Kier molecular flexibility index (Phi) is 6.53. The molecule has 6 nitrogen and oxygen atoms in total. The van der Waals surface area contributed by atoms with Gasteiger partial charge in [0.1, 0.15) is 11.5 Å². The van der Waals surface area contributed by atoms with Crippen molar-refractivity contribution in [2.45, 2.75) is 19.4 Å². The van der Waals surface area contributed by atoms with Gasteiger partial charge in [-0.25, -0.2) is 0 Å². The number of nitrogens with one attached hydrogen (secondary N) is 2. The van der Waals surface area contributed by atoms with Crippen molar-refractivity contribution in [2.24, 2.45) is 11.8 Å². The standard InChI is InChI=1S/C22H26N2O4/c1-27-19-9-5-3-7-15(19)11-12-23-21(25)17-13-18(17)22(26)24-14-16-8-4-6-10-20(16)28-2/h3-10,17-18H,11-14H2,1-2H3,(H,23,25)(H,24,26). The van der Waals surface area contributed by atoms with E-state index in [4.69, 9.17) is 9.47 Å². The van der Waals surface area contributed by atoms with Gasteiger partial charge in [-0.3, -0.25) is 9.59 Å². The fraction of sp³-hybridized carbons (Fsp3) is 0.364. The minimum atomic E-state index is -0.249. The number of ether oxygens (including phenoxy) is 2. The highest BCUT2D eigenvalue weighted by Crippen LogP contribution is 2.38. The zero-order valence-electron chi connectivity index (χ0n) is 16.2. The van der Waals surface area contributed by atoms with Crippen LogP contribution in [0.25, 0.3) is 0 Å². The molecule has 0 bridgehead atoms. The van der Waals surface area contributed by atoms with Crippen molar-refractivity contribution in [1.82, 2.24) is 10.6 Å². The van der Waals surface area contributed by atoms with Gasteiger partial charge in [0.15, 0.2) is 0 Å². The molecule has 0 aromatic heterocycles. The summed E-state index contributed by atoms with van der Waals surface area (Å²) in [5, 5.41) is 5.83. The number of benzene rings is 2. The summed E-state index contributed by atoms with van der Waals surface area (Å²) in [5.41, 5.74) is 1.96. The second-order valence-corrected chi connectivity index (χ2v) is 6.83. The van der Waals surface area contributed by atoms with E-state index < -0.39 is 0 Å². The number of hydrogen-bond acceptors (Lipinski definition) is 4. The minimum Gasteiger partial charge on any atom is -0.496 e. The Morgan fingerprint density at radius 2 is 1.39 bits per heavy atom. The quantitative estimate of drug-likeness (QED) is 0.698. The van der Waals surface area contributed by atoms with E-state index in [1.807, 2.05) is 48.5 Å². The lowest BCUT2D eigenvalue weighted by atomic mass is 10.1. The maximum Gasteiger partial charge on any atom is 0.224 e.